The highest BCUT2D eigenvalue weighted by atomic mass is 16.5. The fraction of sp³-hybridized carbons (Fsp3) is 0.214. The van der Waals surface area contributed by atoms with Gasteiger partial charge in [0, 0.05) is 49.7 Å². The number of aryl methyl sites for hydroxylation is 1. The summed E-state index contributed by atoms with van der Waals surface area (Å²) in [6.07, 6.45) is 6.87. The summed E-state index contributed by atoms with van der Waals surface area (Å²) in [6, 6.07) is 15.5. The first-order valence-corrected chi connectivity index (χ1v) is 12.4. The molecule has 0 bridgehead atoms. The van der Waals surface area contributed by atoms with Crippen molar-refractivity contribution in [3.63, 3.8) is 0 Å². The Hall–Kier alpha value is -4.86. The minimum atomic E-state index is -0.276. The highest BCUT2D eigenvalue weighted by Gasteiger charge is 2.20. The Labute approximate surface area is 221 Å². The number of nitrogens with zero attached hydrogens (tertiary/aromatic N) is 5. The standard InChI is InChI=1S/C28H30N8O2/c1-4-28(37)33-22-15-23(25(38-3)16-24(22)36-12-7-8-13-36)32-27-17-26(29-18-30-27)31-20-10-6-5-9-19(20)21-11-14-35(2)34-21/h4-6,9-11,14-18H,1,7-8,12-13H2,2-3H3,(H,33,37)(H2,29,30,31,32). The zero-order chi connectivity index (χ0) is 26.5. The quantitative estimate of drug-likeness (QED) is 0.267. The predicted molar refractivity (Wildman–Crippen MR) is 151 cm³/mol. The molecule has 0 atom stereocenters. The predicted octanol–water partition coefficient (Wildman–Crippen LogP) is 5.10. The molecule has 3 N–H and O–H groups in total. The number of amides is 1. The molecule has 0 unspecified atom stereocenters. The van der Waals surface area contributed by atoms with E-state index in [2.05, 4.69) is 42.5 Å². The molecule has 1 aliphatic rings. The summed E-state index contributed by atoms with van der Waals surface area (Å²) in [6.45, 7) is 5.43. The Morgan fingerprint density at radius 2 is 1.74 bits per heavy atom. The van der Waals surface area contributed by atoms with Crippen LogP contribution in [0.1, 0.15) is 12.8 Å². The monoisotopic (exact) mass is 510 g/mol. The van der Waals surface area contributed by atoms with Gasteiger partial charge in [-0.05, 0) is 37.1 Å². The summed E-state index contributed by atoms with van der Waals surface area (Å²) in [5.41, 5.74) is 4.95. The van der Waals surface area contributed by atoms with Gasteiger partial charge in [-0.15, -0.1) is 0 Å². The van der Waals surface area contributed by atoms with Crippen molar-refractivity contribution in [2.75, 3.05) is 41.0 Å². The lowest BCUT2D eigenvalue weighted by atomic mass is 10.1. The number of rotatable bonds is 9. The molecule has 2 aromatic heterocycles. The lowest BCUT2D eigenvalue weighted by molar-refractivity contribution is -0.111. The van der Waals surface area contributed by atoms with Crippen LogP contribution in [0.4, 0.5) is 34.4 Å². The van der Waals surface area contributed by atoms with E-state index in [0.717, 1.165) is 48.6 Å². The van der Waals surface area contributed by atoms with Gasteiger partial charge in [-0.2, -0.15) is 5.10 Å². The van der Waals surface area contributed by atoms with Crippen LogP contribution in [0.25, 0.3) is 11.3 Å². The Kier molecular flexibility index (Phi) is 7.21. The van der Waals surface area contributed by atoms with Gasteiger partial charge in [0.2, 0.25) is 5.91 Å². The third kappa shape index (κ3) is 5.44. The first-order valence-electron chi connectivity index (χ1n) is 12.4. The molecule has 4 aromatic rings. The molecule has 0 saturated carbocycles. The summed E-state index contributed by atoms with van der Waals surface area (Å²) in [4.78, 5) is 23.2. The van der Waals surface area contributed by atoms with Crippen LogP contribution in [0.3, 0.4) is 0 Å². The number of anilines is 6. The van der Waals surface area contributed by atoms with Crippen LogP contribution in [0, 0.1) is 0 Å². The molecule has 38 heavy (non-hydrogen) atoms. The van der Waals surface area contributed by atoms with E-state index in [0.29, 0.717) is 28.8 Å². The van der Waals surface area contributed by atoms with E-state index in [-0.39, 0.29) is 5.91 Å². The number of benzene rings is 2. The maximum Gasteiger partial charge on any atom is 0.247 e. The Bertz CT molecular complexity index is 1460. The van der Waals surface area contributed by atoms with Crippen molar-refractivity contribution in [3.8, 4) is 17.0 Å². The number of methoxy groups -OCH3 is 1. The lowest BCUT2D eigenvalue weighted by Crippen LogP contribution is -2.21. The zero-order valence-electron chi connectivity index (χ0n) is 21.4. The van der Waals surface area contributed by atoms with E-state index >= 15 is 0 Å². The van der Waals surface area contributed by atoms with Crippen LogP contribution >= 0.6 is 0 Å². The fourth-order valence-electron chi connectivity index (χ4n) is 4.48. The first-order chi connectivity index (χ1) is 18.5. The van der Waals surface area contributed by atoms with Crippen LogP contribution < -0.4 is 25.6 Å². The van der Waals surface area contributed by atoms with E-state index in [4.69, 9.17) is 4.74 Å². The smallest absolute Gasteiger partial charge is 0.247 e. The summed E-state index contributed by atoms with van der Waals surface area (Å²) in [5.74, 6) is 1.53. The molecular formula is C28H30N8O2. The second-order valence-electron chi connectivity index (χ2n) is 8.92. The molecule has 1 amide bonds. The van der Waals surface area contributed by atoms with Gasteiger partial charge in [0.05, 0.1) is 29.9 Å². The molecule has 1 aliphatic heterocycles. The van der Waals surface area contributed by atoms with Gasteiger partial charge in [-0.1, -0.05) is 24.8 Å². The van der Waals surface area contributed by atoms with Crippen molar-refractivity contribution in [3.05, 3.63) is 73.7 Å². The summed E-state index contributed by atoms with van der Waals surface area (Å²) >= 11 is 0. The number of para-hydroxylation sites is 1. The minimum Gasteiger partial charge on any atom is -0.494 e. The topological polar surface area (TPSA) is 109 Å². The SMILES string of the molecule is C=CC(=O)Nc1cc(Nc2cc(Nc3ccccc3-c3ccn(C)n3)ncn2)c(OC)cc1N1CCCC1. The van der Waals surface area contributed by atoms with Gasteiger partial charge >= 0.3 is 0 Å². The number of nitrogens with one attached hydrogen (secondary N) is 3. The van der Waals surface area contributed by atoms with Crippen molar-refractivity contribution in [2.45, 2.75) is 12.8 Å². The van der Waals surface area contributed by atoms with Gasteiger partial charge in [-0.3, -0.25) is 9.48 Å². The van der Waals surface area contributed by atoms with Gasteiger partial charge in [0.15, 0.2) is 0 Å². The fourth-order valence-corrected chi connectivity index (χ4v) is 4.48. The normalized spacial score (nSPS) is 12.7. The average Bonchev–Trinajstić information content (AvgIpc) is 3.62. The summed E-state index contributed by atoms with van der Waals surface area (Å²) in [7, 11) is 3.51. The van der Waals surface area contributed by atoms with Crippen molar-refractivity contribution in [2.24, 2.45) is 7.05 Å². The van der Waals surface area contributed by atoms with Crippen molar-refractivity contribution in [1.29, 1.82) is 0 Å². The summed E-state index contributed by atoms with van der Waals surface area (Å²) in [5, 5.41) is 14.2. The molecule has 5 rings (SSSR count). The average molecular weight is 511 g/mol. The molecule has 10 nitrogen and oxygen atoms in total. The van der Waals surface area contributed by atoms with E-state index in [1.165, 1.54) is 12.4 Å². The van der Waals surface area contributed by atoms with Crippen LogP contribution in [0.2, 0.25) is 0 Å². The maximum absolute atomic E-state index is 12.2. The first kappa shape index (κ1) is 24.8. The Balaban J connectivity index is 1.43. The maximum atomic E-state index is 12.2. The number of ether oxygens (including phenoxy) is 1. The zero-order valence-corrected chi connectivity index (χ0v) is 21.4. The molecule has 2 aromatic carbocycles. The highest BCUT2D eigenvalue weighted by Crippen LogP contribution is 2.39. The number of hydrogen-bond donors (Lipinski definition) is 3. The molecule has 3 heterocycles. The largest absolute Gasteiger partial charge is 0.494 e. The van der Waals surface area contributed by atoms with E-state index in [9.17, 15) is 4.79 Å². The van der Waals surface area contributed by atoms with Gasteiger partial charge in [0.1, 0.15) is 23.7 Å². The summed E-state index contributed by atoms with van der Waals surface area (Å²) < 4.78 is 7.48. The Morgan fingerprint density at radius 3 is 2.42 bits per heavy atom. The number of aromatic nitrogens is 4. The molecular weight excluding hydrogens is 480 g/mol. The number of carbonyl (C=O) groups is 1. The van der Waals surface area contributed by atoms with Gasteiger partial charge < -0.3 is 25.6 Å². The Morgan fingerprint density at radius 1 is 1.00 bits per heavy atom. The third-order valence-electron chi connectivity index (χ3n) is 6.32. The number of hydrogen-bond acceptors (Lipinski definition) is 8. The van der Waals surface area contributed by atoms with E-state index < -0.39 is 0 Å². The van der Waals surface area contributed by atoms with E-state index in [1.807, 2.05) is 61.8 Å². The van der Waals surface area contributed by atoms with Crippen molar-refractivity contribution < 1.29 is 9.53 Å². The van der Waals surface area contributed by atoms with Crippen LogP contribution in [0.15, 0.2) is 73.7 Å². The van der Waals surface area contributed by atoms with Crippen molar-refractivity contribution in [1.82, 2.24) is 19.7 Å². The molecule has 0 aliphatic carbocycles. The molecule has 1 saturated heterocycles. The lowest BCUT2D eigenvalue weighted by Gasteiger charge is -2.24. The minimum absolute atomic E-state index is 0.276. The van der Waals surface area contributed by atoms with Gasteiger partial charge in [0.25, 0.3) is 0 Å². The molecule has 194 valence electrons. The highest BCUT2D eigenvalue weighted by molar-refractivity contribution is 6.02. The van der Waals surface area contributed by atoms with Crippen LogP contribution in [-0.4, -0.2) is 45.9 Å². The molecule has 1 fully saturated rings. The second kappa shape index (κ2) is 11.0. The number of carbonyl (C=O) groups excluding carboxylic acids is 1. The van der Waals surface area contributed by atoms with E-state index in [1.54, 1.807) is 11.8 Å². The van der Waals surface area contributed by atoms with Crippen molar-refractivity contribution >= 4 is 40.3 Å². The van der Waals surface area contributed by atoms with Crippen LogP contribution in [0.5, 0.6) is 5.75 Å². The van der Waals surface area contributed by atoms with Crippen LogP contribution in [-0.2, 0) is 11.8 Å². The third-order valence-corrected chi connectivity index (χ3v) is 6.32. The molecule has 10 heteroatoms. The molecule has 0 radical (unpaired) electrons. The van der Waals surface area contributed by atoms with Gasteiger partial charge in [-0.25, -0.2) is 9.97 Å². The molecule has 0 spiro atoms. The second-order valence-corrected chi connectivity index (χ2v) is 8.92.